The van der Waals surface area contributed by atoms with Crippen molar-refractivity contribution in [2.24, 2.45) is 0 Å². The number of thioether (sulfide) groups is 1. The molecule has 3 heteroatoms. The number of hydrogen-bond donors (Lipinski definition) is 1. The van der Waals surface area contributed by atoms with E-state index in [2.05, 4.69) is 11.4 Å². The summed E-state index contributed by atoms with van der Waals surface area (Å²) in [6.07, 6.45) is 0. The van der Waals surface area contributed by atoms with Crippen molar-refractivity contribution in [1.82, 2.24) is 0 Å². The third-order valence-corrected chi connectivity index (χ3v) is 3.00. The Morgan fingerprint density at radius 1 is 1.80 bits per heavy atom. The number of aliphatic hydroxyl groups is 1. The van der Waals surface area contributed by atoms with Crippen LogP contribution in [0.3, 0.4) is 0 Å². The van der Waals surface area contributed by atoms with Gasteiger partial charge in [-0.3, -0.25) is 0 Å². The molecule has 1 N–H and O–H groups in total. The molecule has 0 saturated carbocycles. The fourth-order valence-corrected chi connectivity index (χ4v) is 2.27. The topological polar surface area (TPSA) is 20.2 Å². The van der Waals surface area contributed by atoms with Crippen molar-refractivity contribution >= 4 is 23.1 Å². The summed E-state index contributed by atoms with van der Waals surface area (Å²) in [5.41, 5.74) is 0. The molecule has 1 nitrogen and oxygen atoms in total. The number of rotatable bonds is 3. The monoisotopic (exact) mass is 174 g/mol. The van der Waals surface area contributed by atoms with Gasteiger partial charge in [0, 0.05) is 15.5 Å². The molecule has 10 heavy (non-hydrogen) atoms. The van der Waals surface area contributed by atoms with E-state index in [1.165, 1.54) is 4.90 Å². The Morgan fingerprint density at radius 2 is 2.60 bits per heavy atom. The molecule has 0 radical (unpaired) electrons. The second kappa shape index (κ2) is 4.01. The minimum absolute atomic E-state index is 0.251. The second-order valence-corrected chi connectivity index (χ2v) is 4.36. The zero-order valence-electron chi connectivity index (χ0n) is 5.78. The lowest BCUT2D eigenvalue weighted by atomic mass is 10.5. The standard InChI is InChI=1S/C7H10OS2/c1-6(4-8)10-7-2-3-9-5-7/h2-3,5-6,8H,4H2,1H3. The lowest BCUT2D eigenvalue weighted by Crippen LogP contribution is -2.00. The molecule has 0 saturated heterocycles. The van der Waals surface area contributed by atoms with E-state index in [0.717, 1.165) is 0 Å². The summed E-state index contributed by atoms with van der Waals surface area (Å²) >= 11 is 3.40. The predicted octanol–water partition coefficient (Wildman–Crippen LogP) is 2.22. The van der Waals surface area contributed by atoms with Crippen LogP contribution in [-0.4, -0.2) is 17.0 Å². The van der Waals surface area contributed by atoms with Gasteiger partial charge in [0.15, 0.2) is 0 Å². The average molecular weight is 174 g/mol. The smallest absolute Gasteiger partial charge is 0.0550 e. The minimum Gasteiger partial charge on any atom is -0.395 e. The predicted molar refractivity (Wildman–Crippen MR) is 46.7 cm³/mol. The van der Waals surface area contributed by atoms with Crippen LogP contribution in [0.2, 0.25) is 0 Å². The minimum atomic E-state index is 0.251. The van der Waals surface area contributed by atoms with Gasteiger partial charge >= 0.3 is 0 Å². The maximum absolute atomic E-state index is 8.72. The molecule has 0 fully saturated rings. The van der Waals surface area contributed by atoms with Gasteiger partial charge in [-0.1, -0.05) is 6.92 Å². The lowest BCUT2D eigenvalue weighted by molar-refractivity contribution is 0.300. The Kier molecular flexibility index (Phi) is 3.25. The van der Waals surface area contributed by atoms with E-state index in [-0.39, 0.29) is 6.61 Å². The van der Waals surface area contributed by atoms with E-state index >= 15 is 0 Å². The Labute approximate surface area is 69.1 Å². The van der Waals surface area contributed by atoms with Crippen molar-refractivity contribution in [1.29, 1.82) is 0 Å². The molecule has 1 aromatic heterocycles. The third kappa shape index (κ3) is 2.33. The van der Waals surface area contributed by atoms with E-state index in [4.69, 9.17) is 5.11 Å². The molecule has 0 spiro atoms. The molecule has 1 unspecified atom stereocenters. The van der Waals surface area contributed by atoms with Gasteiger partial charge in [0.05, 0.1) is 6.61 Å². The van der Waals surface area contributed by atoms with Gasteiger partial charge in [0.25, 0.3) is 0 Å². The fraction of sp³-hybridized carbons (Fsp3) is 0.429. The van der Waals surface area contributed by atoms with Gasteiger partial charge in [-0.05, 0) is 11.4 Å². The number of hydrogen-bond acceptors (Lipinski definition) is 3. The zero-order valence-corrected chi connectivity index (χ0v) is 7.41. The highest BCUT2D eigenvalue weighted by Gasteiger charge is 2.01. The molecule has 1 aromatic rings. The van der Waals surface area contributed by atoms with E-state index in [1.807, 2.05) is 12.3 Å². The van der Waals surface area contributed by atoms with Gasteiger partial charge in [0.2, 0.25) is 0 Å². The van der Waals surface area contributed by atoms with Gasteiger partial charge in [-0.25, -0.2) is 0 Å². The Balaban J connectivity index is 2.40. The van der Waals surface area contributed by atoms with Crippen LogP contribution in [0.25, 0.3) is 0 Å². The SMILES string of the molecule is CC(CO)Sc1ccsc1. The molecule has 0 bridgehead atoms. The normalized spacial score (nSPS) is 13.4. The van der Waals surface area contributed by atoms with Crippen LogP contribution in [0.5, 0.6) is 0 Å². The second-order valence-electron chi connectivity index (χ2n) is 2.07. The molecule has 0 aromatic carbocycles. The lowest BCUT2D eigenvalue weighted by Gasteiger charge is -2.03. The summed E-state index contributed by atoms with van der Waals surface area (Å²) in [7, 11) is 0. The van der Waals surface area contributed by atoms with Gasteiger partial charge in [-0.15, -0.1) is 11.8 Å². The van der Waals surface area contributed by atoms with Crippen molar-refractivity contribution in [3.05, 3.63) is 16.8 Å². The maximum Gasteiger partial charge on any atom is 0.0550 e. The van der Waals surface area contributed by atoms with E-state index in [0.29, 0.717) is 5.25 Å². The molecule has 1 heterocycles. The summed E-state index contributed by atoms with van der Waals surface area (Å²) < 4.78 is 0. The maximum atomic E-state index is 8.72. The van der Waals surface area contributed by atoms with Crippen molar-refractivity contribution in [2.75, 3.05) is 6.61 Å². The highest BCUT2D eigenvalue weighted by atomic mass is 32.2. The summed E-state index contributed by atoms with van der Waals surface area (Å²) in [6.45, 7) is 2.27. The summed E-state index contributed by atoms with van der Waals surface area (Å²) in [5.74, 6) is 0. The summed E-state index contributed by atoms with van der Waals surface area (Å²) in [5, 5.41) is 13.2. The van der Waals surface area contributed by atoms with Crippen molar-refractivity contribution in [3.63, 3.8) is 0 Å². The number of thiophene rings is 1. The van der Waals surface area contributed by atoms with Crippen molar-refractivity contribution < 1.29 is 5.11 Å². The Bertz CT molecular complexity index is 172. The average Bonchev–Trinajstić information content (AvgIpc) is 2.40. The van der Waals surface area contributed by atoms with Crippen LogP contribution in [0.1, 0.15) is 6.92 Å². The first-order valence-corrected chi connectivity index (χ1v) is 4.95. The van der Waals surface area contributed by atoms with Crippen LogP contribution >= 0.6 is 23.1 Å². The number of aliphatic hydroxyl groups excluding tert-OH is 1. The molecule has 56 valence electrons. The molecule has 0 aliphatic heterocycles. The highest BCUT2D eigenvalue weighted by Crippen LogP contribution is 2.24. The Hall–Kier alpha value is 0.01000. The first-order chi connectivity index (χ1) is 4.83. The molecule has 0 amide bonds. The zero-order chi connectivity index (χ0) is 7.40. The van der Waals surface area contributed by atoms with Crippen LogP contribution in [0, 0.1) is 0 Å². The van der Waals surface area contributed by atoms with Gasteiger partial charge in [-0.2, -0.15) is 11.3 Å². The molecular weight excluding hydrogens is 164 g/mol. The van der Waals surface area contributed by atoms with Crippen LogP contribution in [-0.2, 0) is 0 Å². The quantitative estimate of drug-likeness (QED) is 0.709. The van der Waals surface area contributed by atoms with Crippen molar-refractivity contribution in [3.8, 4) is 0 Å². The molecule has 0 aliphatic carbocycles. The molecule has 1 atom stereocenters. The molecule has 1 rings (SSSR count). The van der Waals surface area contributed by atoms with E-state index < -0.39 is 0 Å². The third-order valence-electron chi connectivity index (χ3n) is 1.09. The Morgan fingerprint density at radius 3 is 3.10 bits per heavy atom. The molecule has 0 aliphatic rings. The van der Waals surface area contributed by atoms with Crippen LogP contribution in [0.15, 0.2) is 21.7 Å². The summed E-state index contributed by atoms with van der Waals surface area (Å²) in [6, 6.07) is 2.07. The van der Waals surface area contributed by atoms with Crippen LogP contribution in [0.4, 0.5) is 0 Å². The summed E-state index contributed by atoms with van der Waals surface area (Å²) in [4.78, 5) is 1.26. The molecular formula is C7H10OS2. The van der Waals surface area contributed by atoms with E-state index in [9.17, 15) is 0 Å². The first-order valence-electron chi connectivity index (χ1n) is 3.12. The first kappa shape index (κ1) is 8.11. The van der Waals surface area contributed by atoms with Crippen molar-refractivity contribution in [2.45, 2.75) is 17.1 Å². The van der Waals surface area contributed by atoms with E-state index in [1.54, 1.807) is 23.1 Å². The van der Waals surface area contributed by atoms with Gasteiger partial charge < -0.3 is 5.11 Å². The van der Waals surface area contributed by atoms with Crippen LogP contribution < -0.4 is 0 Å². The van der Waals surface area contributed by atoms with Gasteiger partial charge in [0.1, 0.15) is 0 Å². The largest absolute Gasteiger partial charge is 0.395 e. The fourth-order valence-electron chi connectivity index (χ4n) is 0.589. The highest BCUT2D eigenvalue weighted by molar-refractivity contribution is 8.00.